The summed E-state index contributed by atoms with van der Waals surface area (Å²) < 4.78 is 0. The number of aromatic nitrogens is 1. The van der Waals surface area contributed by atoms with Gasteiger partial charge in [-0.1, -0.05) is 6.07 Å². The van der Waals surface area contributed by atoms with E-state index < -0.39 is 0 Å². The van der Waals surface area contributed by atoms with Crippen LogP contribution < -0.4 is 10.7 Å². The highest BCUT2D eigenvalue weighted by molar-refractivity contribution is 5.95. The van der Waals surface area contributed by atoms with E-state index in [1.54, 1.807) is 42.6 Å². The van der Waals surface area contributed by atoms with Crippen LogP contribution in [0.5, 0.6) is 0 Å². The van der Waals surface area contributed by atoms with Crippen molar-refractivity contribution in [3.05, 3.63) is 59.9 Å². The lowest BCUT2D eigenvalue weighted by Crippen LogP contribution is -2.17. The Balaban J connectivity index is 1.94. The normalized spacial score (nSPS) is 10.3. The minimum Gasteiger partial charge on any atom is -0.326 e. The fraction of sp³-hybridized carbons (Fsp3) is 0.0667. The fourth-order valence-electron chi connectivity index (χ4n) is 1.58. The van der Waals surface area contributed by atoms with Crippen molar-refractivity contribution in [1.29, 1.82) is 0 Å². The van der Waals surface area contributed by atoms with Crippen molar-refractivity contribution in [2.45, 2.75) is 6.92 Å². The Morgan fingerprint density at radius 2 is 1.90 bits per heavy atom. The van der Waals surface area contributed by atoms with E-state index >= 15 is 0 Å². The van der Waals surface area contributed by atoms with Gasteiger partial charge in [-0.3, -0.25) is 14.6 Å². The summed E-state index contributed by atoms with van der Waals surface area (Å²) in [6.07, 6.45) is 3.10. The maximum Gasteiger partial charge on any atom is 0.271 e. The van der Waals surface area contributed by atoms with Crippen LogP contribution in [-0.4, -0.2) is 23.0 Å². The lowest BCUT2D eigenvalue weighted by Gasteiger charge is -2.03. The molecule has 0 aliphatic carbocycles. The number of nitrogens with zero attached hydrogens (tertiary/aromatic N) is 2. The molecule has 1 aromatic heterocycles. The SMILES string of the molecule is CC(=O)Nc1ccc(C(=O)NN=Cc2ccccn2)cc1. The number of benzene rings is 1. The van der Waals surface area contributed by atoms with Crippen molar-refractivity contribution >= 4 is 23.7 Å². The van der Waals surface area contributed by atoms with Crippen LogP contribution in [0.2, 0.25) is 0 Å². The van der Waals surface area contributed by atoms with Gasteiger partial charge >= 0.3 is 0 Å². The largest absolute Gasteiger partial charge is 0.326 e. The van der Waals surface area contributed by atoms with E-state index in [-0.39, 0.29) is 11.8 Å². The molecule has 0 saturated carbocycles. The molecule has 0 aliphatic heterocycles. The Labute approximate surface area is 121 Å². The van der Waals surface area contributed by atoms with Gasteiger partial charge in [0, 0.05) is 24.4 Å². The van der Waals surface area contributed by atoms with E-state index in [0.29, 0.717) is 16.9 Å². The highest BCUT2D eigenvalue weighted by Gasteiger charge is 2.04. The summed E-state index contributed by atoms with van der Waals surface area (Å²) in [7, 11) is 0. The summed E-state index contributed by atoms with van der Waals surface area (Å²) in [5.74, 6) is -0.497. The molecule has 6 heteroatoms. The lowest BCUT2D eigenvalue weighted by molar-refractivity contribution is -0.114. The van der Waals surface area contributed by atoms with Gasteiger partial charge in [0.15, 0.2) is 0 Å². The quantitative estimate of drug-likeness (QED) is 0.662. The minimum absolute atomic E-state index is 0.160. The summed E-state index contributed by atoms with van der Waals surface area (Å²) in [5.41, 5.74) is 4.14. The zero-order valence-electron chi connectivity index (χ0n) is 11.4. The van der Waals surface area contributed by atoms with E-state index in [0.717, 1.165) is 0 Å². The van der Waals surface area contributed by atoms with Crippen LogP contribution in [0.15, 0.2) is 53.8 Å². The summed E-state index contributed by atoms with van der Waals surface area (Å²) >= 11 is 0. The number of carbonyl (C=O) groups excluding carboxylic acids is 2. The van der Waals surface area contributed by atoms with Gasteiger partial charge in [0.25, 0.3) is 5.91 Å². The van der Waals surface area contributed by atoms with Gasteiger partial charge in [-0.15, -0.1) is 0 Å². The molecule has 0 radical (unpaired) electrons. The van der Waals surface area contributed by atoms with Crippen LogP contribution in [0.1, 0.15) is 23.0 Å². The predicted molar refractivity (Wildman–Crippen MR) is 80.0 cm³/mol. The monoisotopic (exact) mass is 282 g/mol. The molecule has 6 nitrogen and oxygen atoms in total. The second-order valence-electron chi connectivity index (χ2n) is 4.21. The zero-order chi connectivity index (χ0) is 15.1. The summed E-state index contributed by atoms with van der Waals surface area (Å²) in [6, 6.07) is 11.9. The Hall–Kier alpha value is -3.02. The van der Waals surface area contributed by atoms with Gasteiger partial charge in [0.1, 0.15) is 0 Å². The van der Waals surface area contributed by atoms with Crippen LogP contribution in [-0.2, 0) is 4.79 Å². The molecule has 0 atom stereocenters. The molecule has 0 aliphatic rings. The van der Waals surface area contributed by atoms with E-state index in [9.17, 15) is 9.59 Å². The average Bonchev–Trinajstić information content (AvgIpc) is 2.48. The molecular weight excluding hydrogens is 268 g/mol. The van der Waals surface area contributed by atoms with Crippen molar-refractivity contribution < 1.29 is 9.59 Å². The van der Waals surface area contributed by atoms with Crippen molar-refractivity contribution in [2.75, 3.05) is 5.32 Å². The number of hydrogen-bond donors (Lipinski definition) is 2. The Morgan fingerprint density at radius 3 is 2.52 bits per heavy atom. The maximum atomic E-state index is 11.8. The van der Waals surface area contributed by atoms with Crippen molar-refractivity contribution in [1.82, 2.24) is 10.4 Å². The molecule has 106 valence electrons. The van der Waals surface area contributed by atoms with Crippen LogP contribution >= 0.6 is 0 Å². The Bertz CT molecular complexity index is 651. The van der Waals surface area contributed by atoms with Crippen LogP contribution in [0.3, 0.4) is 0 Å². The second kappa shape index (κ2) is 6.95. The smallest absolute Gasteiger partial charge is 0.271 e. The Morgan fingerprint density at radius 1 is 1.14 bits per heavy atom. The topological polar surface area (TPSA) is 83.5 Å². The zero-order valence-corrected chi connectivity index (χ0v) is 11.4. The van der Waals surface area contributed by atoms with Crippen molar-refractivity contribution in [3.63, 3.8) is 0 Å². The van der Waals surface area contributed by atoms with E-state index in [1.165, 1.54) is 13.1 Å². The van der Waals surface area contributed by atoms with Gasteiger partial charge in [-0.2, -0.15) is 5.10 Å². The Kier molecular flexibility index (Phi) is 4.76. The summed E-state index contributed by atoms with van der Waals surface area (Å²) in [4.78, 5) is 26.8. The molecule has 1 heterocycles. The van der Waals surface area contributed by atoms with E-state index in [4.69, 9.17) is 0 Å². The van der Waals surface area contributed by atoms with Crippen LogP contribution in [0.25, 0.3) is 0 Å². The fourth-order valence-corrected chi connectivity index (χ4v) is 1.58. The van der Waals surface area contributed by atoms with Crippen LogP contribution in [0.4, 0.5) is 5.69 Å². The first-order valence-electron chi connectivity index (χ1n) is 6.27. The van der Waals surface area contributed by atoms with E-state index in [2.05, 4.69) is 20.8 Å². The second-order valence-corrected chi connectivity index (χ2v) is 4.21. The number of nitrogens with one attached hydrogen (secondary N) is 2. The molecule has 2 rings (SSSR count). The molecule has 2 N–H and O–H groups in total. The molecule has 2 aromatic rings. The van der Waals surface area contributed by atoms with Crippen molar-refractivity contribution in [3.8, 4) is 0 Å². The molecule has 21 heavy (non-hydrogen) atoms. The molecular formula is C15H14N4O2. The van der Waals surface area contributed by atoms with Gasteiger partial charge < -0.3 is 5.32 Å². The van der Waals surface area contributed by atoms with E-state index in [1.807, 2.05) is 6.07 Å². The van der Waals surface area contributed by atoms with Gasteiger partial charge in [0.2, 0.25) is 5.91 Å². The van der Waals surface area contributed by atoms with Gasteiger partial charge in [0.05, 0.1) is 11.9 Å². The average molecular weight is 282 g/mol. The molecule has 0 unspecified atom stereocenters. The standard InChI is InChI=1S/C15H14N4O2/c1-11(20)18-13-7-5-12(6-8-13)15(21)19-17-10-14-4-2-3-9-16-14/h2-10H,1H3,(H,18,20)(H,19,21). The van der Waals surface area contributed by atoms with Gasteiger partial charge in [-0.05, 0) is 36.4 Å². The van der Waals surface area contributed by atoms with Gasteiger partial charge in [-0.25, -0.2) is 5.43 Å². The predicted octanol–water partition coefficient (Wildman–Crippen LogP) is 1.80. The minimum atomic E-state index is -0.337. The number of hydrazone groups is 1. The number of hydrogen-bond acceptors (Lipinski definition) is 4. The lowest BCUT2D eigenvalue weighted by atomic mass is 10.2. The first kappa shape index (κ1) is 14.4. The number of amides is 2. The first-order chi connectivity index (χ1) is 10.1. The van der Waals surface area contributed by atoms with Crippen LogP contribution in [0, 0.1) is 0 Å². The third kappa shape index (κ3) is 4.54. The summed E-state index contributed by atoms with van der Waals surface area (Å²) in [6.45, 7) is 1.42. The third-order valence-corrected chi connectivity index (χ3v) is 2.52. The first-order valence-corrected chi connectivity index (χ1v) is 6.27. The molecule has 2 amide bonds. The molecule has 0 bridgehead atoms. The number of rotatable bonds is 4. The number of pyridine rings is 1. The highest BCUT2D eigenvalue weighted by atomic mass is 16.2. The number of anilines is 1. The molecule has 1 aromatic carbocycles. The number of carbonyl (C=O) groups is 2. The molecule has 0 fully saturated rings. The van der Waals surface area contributed by atoms with Crippen molar-refractivity contribution in [2.24, 2.45) is 5.10 Å². The highest BCUT2D eigenvalue weighted by Crippen LogP contribution is 2.09. The summed E-state index contributed by atoms with van der Waals surface area (Å²) in [5, 5.41) is 6.46. The molecule has 0 saturated heterocycles. The maximum absolute atomic E-state index is 11.8. The molecule has 0 spiro atoms. The third-order valence-electron chi connectivity index (χ3n) is 2.52.